The Balaban J connectivity index is 1.65. The molecule has 0 saturated carbocycles. The molecule has 1 aromatic heterocycles. The molecule has 0 fully saturated rings. The number of carbonyl (C=O) groups is 2. The van der Waals surface area contributed by atoms with E-state index in [4.69, 9.17) is 0 Å². The van der Waals surface area contributed by atoms with Crippen LogP contribution in [-0.4, -0.2) is 16.8 Å². The minimum atomic E-state index is -0.207. The second-order valence-electron chi connectivity index (χ2n) is 6.01. The summed E-state index contributed by atoms with van der Waals surface area (Å²) < 4.78 is 1.89. The number of para-hydroxylation sites is 1. The number of benzene rings is 3. The molecule has 7 heteroatoms. The fraction of sp³-hybridized carbons (Fsp3) is 0.0500. The highest BCUT2D eigenvalue weighted by molar-refractivity contribution is 9.10. The second-order valence-corrected chi connectivity index (χ2v) is 7.96. The molecule has 2 N–H and O–H groups in total. The number of rotatable bonds is 3. The monoisotopic (exact) mass is 439 g/mol. The summed E-state index contributed by atoms with van der Waals surface area (Å²) in [4.78, 5) is 28.4. The fourth-order valence-corrected chi connectivity index (χ4v) is 4.12. The van der Waals surface area contributed by atoms with Crippen molar-refractivity contribution >= 4 is 70.9 Å². The van der Waals surface area contributed by atoms with Gasteiger partial charge in [-0.15, -0.1) is 0 Å². The molecule has 0 atom stereocenters. The number of hydrogen-bond donors (Lipinski definition) is 2. The van der Waals surface area contributed by atoms with Gasteiger partial charge < -0.3 is 10.6 Å². The molecular weight excluding hydrogens is 426 g/mol. The summed E-state index contributed by atoms with van der Waals surface area (Å²) in [5.41, 5.74) is 1.84. The number of aromatic nitrogens is 1. The largest absolute Gasteiger partial charge is 0.320 e. The lowest BCUT2D eigenvalue weighted by molar-refractivity contribution is -0.114. The van der Waals surface area contributed by atoms with Gasteiger partial charge in [-0.2, -0.15) is 0 Å². The molecule has 0 radical (unpaired) electrons. The highest BCUT2D eigenvalue weighted by Crippen LogP contribution is 2.31. The number of fused-ring (bicyclic) bond motifs is 2. The van der Waals surface area contributed by atoms with Crippen molar-refractivity contribution in [1.29, 1.82) is 0 Å². The van der Waals surface area contributed by atoms with E-state index >= 15 is 0 Å². The first-order valence-corrected chi connectivity index (χ1v) is 9.78. The van der Waals surface area contributed by atoms with Crippen LogP contribution in [0, 0.1) is 0 Å². The first kappa shape index (κ1) is 17.6. The molecule has 0 unspecified atom stereocenters. The molecule has 0 saturated heterocycles. The van der Waals surface area contributed by atoms with Crippen LogP contribution in [0.2, 0.25) is 0 Å². The Morgan fingerprint density at radius 3 is 2.59 bits per heavy atom. The van der Waals surface area contributed by atoms with Crippen LogP contribution in [0.25, 0.3) is 21.0 Å². The fourth-order valence-electron chi connectivity index (χ4n) is 2.81. The Hall–Kier alpha value is -2.77. The van der Waals surface area contributed by atoms with Crippen molar-refractivity contribution in [3.8, 4) is 0 Å². The van der Waals surface area contributed by atoms with Gasteiger partial charge in [-0.25, -0.2) is 4.98 Å². The highest BCUT2D eigenvalue weighted by atomic mass is 79.9. The summed E-state index contributed by atoms with van der Waals surface area (Å²) in [6, 6.07) is 17.1. The normalized spacial score (nSPS) is 10.9. The molecule has 0 aliphatic carbocycles. The molecule has 27 heavy (non-hydrogen) atoms. The van der Waals surface area contributed by atoms with Crippen LogP contribution in [0.5, 0.6) is 0 Å². The Labute approximate surface area is 167 Å². The third-order valence-corrected chi connectivity index (χ3v) is 5.44. The van der Waals surface area contributed by atoms with Gasteiger partial charge in [0.2, 0.25) is 5.91 Å². The molecule has 4 rings (SSSR count). The van der Waals surface area contributed by atoms with Crippen molar-refractivity contribution in [3.63, 3.8) is 0 Å². The average molecular weight is 440 g/mol. The molecule has 0 aliphatic rings. The predicted molar refractivity (Wildman–Crippen MR) is 114 cm³/mol. The molecule has 3 aromatic carbocycles. The Morgan fingerprint density at radius 2 is 1.78 bits per heavy atom. The van der Waals surface area contributed by atoms with E-state index in [1.54, 1.807) is 12.1 Å². The van der Waals surface area contributed by atoms with Gasteiger partial charge in [0.1, 0.15) is 5.52 Å². The standard InChI is InChI=1S/C20H14BrN3O2S/c1-11(25)22-20-24-18-16(3-2-4-17(18)27-20)23-19(26)14-6-5-13-10-15(21)8-7-12(13)9-14/h2-10H,1H3,(H,23,26)(H,22,24,25). The van der Waals surface area contributed by atoms with Crippen LogP contribution in [-0.2, 0) is 4.79 Å². The average Bonchev–Trinajstić information content (AvgIpc) is 3.03. The van der Waals surface area contributed by atoms with Gasteiger partial charge in [0, 0.05) is 17.0 Å². The lowest BCUT2D eigenvalue weighted by atomic mass is 10.1. The van der Waals surface area contributed by atoms with E-state index in [9.17, 15) is 9.59 Å². The zero-order chi connectivity index (χ0) is 19.0. The second kappa shape index (κ2) is 7.09. The number of nitrogens with zero attached hydrogens (tertiary/aromatic N) is 1. The number of anilines is 2. The van der Waals surface area contributed by atoms with Crippen LogP contribution in [0.1, 0.15) is 17.3 Å². The van der Waals surface area contributed by atoms with Crippen molar-refractivity contribution in [1.82, 2.24) is 4.98 Å². The Bertz CT molecular complexity index is 1200. The summed E-state index contributed by atoms with van der Waals surface area (Å²) in [6.07, 6.45) is 0. The number of carbonyl (C=O) groups excluding carboxylic acids is 2. The van der Waals surface area contributed by atoms with E-state index in [0.717, 1.165) is 19.9 Å². The highest BCUT2D eigenvalue weighted by Gasteiger charge is 2.13. The molecule has 4 aromatic rings. The summed E-state index contributed by atoms with van der Waals surface area (Å²) >= 11 is 4.82. The van der Waals surface area contributed by atoms with Crippen molar-refractivity contribution in [3.05, 3.63) is 64.6 Å². The molecule has 2 amide bonds. The molecule has 0 aliphatic heterocycles. The van der Waals surface area contributed by atoms with Crippen LogP contribution in [0.15, 0.2) is 59.1 Å². The van der Waals surface area contributed by atoms with Gasteiger partial charge in [-0.05, 0) is 47.2 Å². The predicted octanol–water partition coefficient (Wildman–Crippen LogP) is 5.42. The minimum absolute atomic E-state index is 0.178. The molecule has 0 spiro atoms. The smallest absolute Gasteiger partial charge is 0.255 e. The van der Waals surface area contributed by atoms with E-state index in [-0.39, 0.29) is 11.8 Å². The number of amides is 2. The molecular formula is C20H14BrN3O2S. The number of thiazole rings is 1. The number of halogens is 1. The minimum Gasteiger partial charge on any atom is -0.320 e. The van der Waals surface area contributed by atoms with Crippen LogP contribution in [0.4, 0.5) is 10.8 Å². The molecule has 1 heterocycles. The molecule has 0 bridgehead atoms. The lowest BCUT2D eigenvalue weighted by Gasteiger charge is -2.07. The Kier molecular flexibility index (Phi) is 4.63. The quantitative estimate of drug-likeness (QED) is 0.447. The van der Waals surface area contributed by atoms with E-state index in [1.807, 2.05) is 42.5 Å². The van der Waals surface area contributed by atoms with Crippen LogP contribution < -0.4 is 10.6 Å². The molecule has 134 valence electrons. The number of hydrogen-bond acceptors (Lipinski definition) is 4. The van der Waals surface area contributed by atoms with Crippen LogP contribution >= 0.6 is 27.3 Å². The van der Waals surface area contributed by atoms with Crippen molar-refractivity contribution in [2.75, 3.05) is 10.6 Å². The van der Waals surface area contributed by atoms with E-state index in [0.29, 0.717) is 21.9 Å². The van der Waals surface area contributed by atoms with Gasteiger partial charge >= 0.3 is 0 Å². The van der Waals surface area contributed by atoms with Crippen molar-refractivity contribution in [2.24, 2.45) is 0 Å². The zero-order valence-electron chi connectivity index (χ0n) is 14.2. The van der Waals surface area contributed by atoms with Crippen LogP contribution in [0.3, 0.4) is 0 Å². The topological polar surface area (TPSA) is 71.1 Å². The van der Waals surface area contributed by atoms with Gasteiger partial charge in [-0.1, -0.05) is 45.5 Å². The van der Waals surface area contributed by atoms with E-state index in [2.05, 4.69) is 31.5 Å². The van der Waals surface area contributed by atoms with Crippen molar-refractivity contribution < 1.29 is 9.59 Å². The van der Waals surface area contributed by atoms with E-state index in [1.165, 1.54) is 18.3 Å². The van der Waals surface area contributed by atoms with Gasteiger partial charge in [-0.3, -0.25) is 9.59 Å². The van der Waals surface area contributed by atoms with Crippen molar-refractivity contribution in [2.45, 2.75) is 6.92 Å². The SMILES string of the molecule is CC(=O)Nc1nc2c(NC(=O)c3ccc4cc(Br)ccc4c3)cccc2s1. The Morgan fingerprint density at radius 1 is 1.00 bits per heavy atom. The maximum absolute atomic E-state index is 12.7. The van der Waals surface area contributed by atoms with E-state index < -0.39 is 0 Å². The molecule has 5 nitrogen and oxygen atoms in total. The van der Waals surface area contributed by atoms with Gasteiger partial charge in [0.25, 0.3) is 5.91 Å². The lowest BCUT2D eigenvalue weighted by Crippen LogP contribution is -2.12. The van der Waals surface area contributed by atoms with Gasteiger partial charge in [0.15, 0.2) is 5.13 Å². The third-order valence-electron chi connectivity index (χ3n) is 4.01. The third kappa shape index (κ3) is 3.70. The summed E-state index contributed by atoms with van der Waals surface area (Å²) in [5.74, 6) is -0.385. The maximum Gasteiger partial charge on any atom is 0.255 e. The summed E-state index contributed by atoms with van der Waals surface area (Å²) in [6.45, 7) is 1.44. The first-order valence-electron chi connectivity index (χ1n) is 8.17. The summed E-state index contributed by atoms with van der Waals surface area (Å²) in [7, 11) is 0. The first-order chi connectivity index (χ1) is 13.0. The summed E-state index contributed by atoms with van der Waals surface area (Å²) in [5, 5.41) is 8.17. The van der Waals surface area contributed by atoms with Gasteiger partial charge in [0.05, 0.1) is 10.4 Å². The zero-order valence-corrected chi connectivity index (χ0v) is 16.6. The number of nitrogens with one attached hydrogen (secondary N) is 2. The maximum atomic E-state index is 12.7.